The highest BCUT2D eigenvalue weighted by Crippen LogP contribution is 2.39. The summed E-state index contributed by atoms with van der Waals surface area (Å²) in [5.41, 5.74) is 6.64. The topological polar surface area (TPSA) is 68.3 Å². The van der Waals surface area contributed by atoms with E-state index < -0.39 is 0 Å². The van der Waals surface area contributed by atoms with Crippen LogP contribution in [0.1, 0.15) is 0 Å². The summed E-state index contributed by atoms with van der Waals surface area (Å²) < 4.78 is 11.5. The Hall–Kier alpha value is -3.50. The van der Waals surface area contributed by atoms with E-state index in [2.05, 4.69) is 10.6 Å². The van der Waals surface area contributed by atoms with Crippen LogP contribution in [0.4, 0.5) is 21.6 Å². The molecule has 2 N–H and O–H groups in total. The molecule has 0 aliphatic heterocycles. The monoisotopic (exact) mass is 698 g/mol. The summed E-state index contributed by atoms with van der Waals surface area (Å²) in [6, 6.07) is 22.6. The van der Waals surface area contributed by atoms with Crippen molar-refractivity contribution in [3.63, 3.8) is 0 Å². The number of rotatable bonds is 9. The van der Waals surface area contributed by atoms with Gasteiger partial charge in [-0.2, -0.15) is 0 Å². The molecule has 44 heavy (non-hydrogen) atoms. The van der Waals surface area contributed by atoms with Crippen molar-refractivity contribution in [2.24, 2.45) is 0 Å². The number of aromatic nitrogens is 2. The molecule has 6 aromatic rings. The third-order valence-corrected chi connectivity index (χ3v) is 9.25. The van der Waals surface area contributed by atoms with E-state index in [1.165, 1.54) is 22.7 Å². The maximum atomic E-state index is 6.38. The van der Waals surface area contributed by atoms with Gasteiger partial charge < -0.3 is 20.1 Å². The number of nitrogens with zero attached hydrogens (tertiary/aromatic N) is 2. The van der Waals surface area contributed by atoms with Gasteiger partial charge in [0.15, 0.2) is 10.3 Å². The van der Waals surface area contributed by atoms with Crippen LogP contribution in [0.3, 0.4) is 0 Å². The van der Waals surface area contributed by atoms with Gasteiger partial charge in [0.2, 0.25) is 0 Å². The fraction of sp³-hybridized carbons (Fsp3) is 0.0625. The van der Waals surface area contributed by atoms with Crippen molar-refractivity contribution >= 4 is 90.7 Å². The molecule has 12 heteroatoms. The maximum Gasteiger partial charge on any atom is 0.187 e. The minimum Gasteiger partial charge on any atom is -0.495 e. The van der Waals surface area contributed by atoms with E-state index in [1.807, 2.05) is 59.3 Å². The lowest BCUT2D eigenvalue weighted by molar-refractivity contribution is 0.416. The third-order valence-electron chi connectivity index (χ3n) is 6.64. The summed E-state index contributed by atoms with van der Waals surface area (Å²) >= 11 is 27.8. The van der Waals surface area contributed by atoms with Gasteiger partial charge in [-0.3, -0.25) is 0 Å². The first-order valence-electron chi connectivity index (χ1n) is 13.0. The number of benzene rings is 4. The van der Waals surface area contributed by atoms with E-state index in [1.54, 1.807) is 38.5 Å². The third kappa shape index (κ3) is 6.61. The van der Waals surface area contributed by atoms with Gasteiger partial charge in [-0.05, 0) is 71.8 Å². The smallest absolute Gasteiger partial charge is 0.187 e. The minimum atomic E-state index is 0.548. The van der Waals surface area contributed by atoms with E-state index in [4.69, 9.17) is 65.8 Å². The molecule has 0 bridgehead atoms. The number of halogens is 4. The number of hydrogen-bond acceptors (Lipinski definition) is 8. The highest BCUT2D eigenvalue weighted by molar-refractivity contribution is 7.14. The molecule has 0 fully saturated rings. The average molecular weight is 701 g/mol. The van der Waals surface area contributed by atoms with Crippen molar-refractivity contribution < 1.29 is 9.47 Å². The maximum absolute atomic E-state index is 6.38. The van der Waals surface area contributed by atoms with Crippen molar-refractivity contribution in [1.29, 1.82) is 0 Å². The molecule has 2 heterocycles. The Balaban J connectivity index is 1.20. The number of anilines is 4. The Bertz CT molecular complexity index is 1840. The molecule has 2 aromatic heterocycles. The minimum absolute atomic E-state index is 0.548. The Morgan fingerprint density at radius 3 is 1.39 bits per heavy atom. The molecular formula is C32H22Cl4N4O2S2. The fourth-order valence-electron chi connectivity index (χ4n) is 4.48. The molecule has 0 atom stereocenters. The lowest BCUT2D eigenvalue weighted by Crippen LogP contribution is -1.96. The van der Waals surface area contributed by atoms with E-state index in [0.717, 1.165) is 45.0 Å². The van der Waals surface area contributed by atoms with Gasteiger partial charge in [0.05, 0.1) is 47.0 Å². The number of nitrogens with one attached hydrogen (secondary N) is 2. The predicted octanol–water partition coefficient (Wildman–Crippen LogP) is 11.7. The zero-order valence-electron chi connectivity index (χ0n) is 23.1. The summed E-state index contributed by atoms with van der Waals surface area (Å²) in [5.74, 6) is 1.34. The second kappa shape index (κ2) is 13.2. The molecule has 6 nitrogen and oxygen atoms in total. The summed E-state index contributed by atoms with van der Waals surface area (Å²) in [6.45, 7) is 0. The van der Waals surface area contributed by atoms with E-state index in [9.17, 15) is 0 Å². The fourth-order valence-corrected chi connectivity index (χ4v) is 6.94. The standard InChI is InChI=1S/C32H22Cl4N4O2S2/c1-41-29-11-17(3-9-25(29)37-31-39-27(15-43-31)21-7-5-19(33)13-23(21)35)18-4-10-26(30(12-18)42-2)38-32-40-28(16-44-32)22-8-6-20(34)14-24(22)36/h3-16H,1-2H3,(H,37,39)(H,38,40). The summed E-state index contributed by atoms with van der Waals surface area (Å²) in [4.78, 5) is 9.40. The molecule has 0 amide bonds. The lowest BCUT2D eigenvalue weighted by atomic mass is 10.0. The highest BCUT2D eigenvalue weighted by Gasteiger charge is 2.15. The summed E-state index contributed by atoms with van der Waals surface area (Å²) in [5, 5.41) is 14.3. The van der Waals surface area contributed by atoms with Crippen LogP contribution in [0, 0.1) is 0 Å². The quantitative estimate of drug-likeness (QED) is 0.157. The Morgan fingerprint density at radius 2 is 1.00 bits per heavy atom. The van der Waals surface area contributed by atoms with Crippen LogP contribution in [0.5, 0.6) is 11.5 Å². The van der Waals surface area contributed by atoms with E-state index in [-0.39, 0.29) is 0 Å². The second-order valence-corrected chi connectivity index (χ2v) is 12.8. The zero-order chi connectivity index (χ0) is 30.8. The van der Waals surface area contributed by atoms with Gasteiger partial charge >= 0.3 is 0 Å². The first-order valence-corrected chi connectivity index (χ1v) is 16.3. The SMILES string of the molecule is COc1cc(-c2ccc(Nc3nc(-c4ccc(Cl)cc4Cl)cs3)c(OC)c2)ccc1Nc1nc(-c2ccc(Cl)cc2Cl)cs1. The van der Waals surface area contributed by atoms with Crippen LogP contribution in [0.2, 0.25) is 20.1 Å². The molecule has 0 unspecified atom stereocenters. The Morgan fingerprint density at radius 1 is 0.568 bits per heavy atom. The Kier molecular flexibility index (Phi) is 9.18. The normalized spacial score (nSPS) is 11.0. The lowest BCUT2D eigenvalue weighted by Gasteiger charge is -2.14. The van der Waals surface area contributed by atoms with Crippen LogP contribution in [0.15, 0.2) is 83.6 Å². The summed E-state index contributed by atoms with van der Waals surface area (Å²) in [6.07, 6.45) is 0. The largest absolute Gasteiger partial charge is 0.495 e. The molecule has 0 spiro atoms. The van der Waals surface area contributed by atoms with E-state index in [0.29, 0.717) is 41.9 Å². The average Bonchev–Trinajstić information content (AvgIpc) is 3.67. The molecular weight excluding hydrogens is 678 g/mol. The van der Waals surface area contributed by atoms with Crippen molar-refractivity contribution in [2.45, 2.75) is 0 Å². The molecule has 4 aromatic carbocycles. The van der Waals surface area contributed by atoms with Crippen LogP contribution < -0.4 is 20.1 Å². The molecule has 0 radical (unpaired) electrons. The molecule has 0 saturated carbocycles. The zero-order valence-corrected chi connectivity index (χ0v) is 27.8. The van der Waals surface area contributed by atoms with Gasteiger partial charge in [0.25, 0.3) is 0 Å². The first-order chi connectivity index (χ1) is 21.3. The van der Waals surface area contributed by atoms with Gasteiger partial charge in [-0.15, -0.1) is 22.7 Å². The van der Waals surface area contributed by atoms with Crippen molar-refractivity contribution in [1.82, 2.24) is 9.97 Å². The molecule has 222 valence electrons. The molecule has 6 rings (SSSR count). The van der Waals surface area contributed by atoms with Crippen LogP contribution in [0.25, 0.3) is 33.6 Å². The number of hydrogen-bond donors (Lipinski definition) is 2. The van der Waals surface area contributed by atoms with Crippen molar-refractivity contribution in [3.05, 3.63) is 104 Å². The summed E-state index contributed by atoms with van der Waals surface area (Å²) in [7, 11) is 3.27. The second-order valence-electron chi connectivity index (χ2n) is 9.40. The number of methoxy groups -OCH3 is 2. The molecule has 0 saturated heterocycles. The van der Waals surface area contributed by atoms with Gasteiger partial charge in [-0.25, -0.2) is 9.97 Å². The van der Waals surface area contributed by atoms with Crippen molar-refractivity contribution in [3.8, 4) is 45.1 Å². The van der Waals surface area contributed by atoms with Gasteiger partial charge in [0, 0.05) is 31.9 Å². The predicted molar refractivity (Wildman–Crippen MR) is 187 cm³/mol. The number of thiazole rings is 2. The van der Waals surface area contributed by atoms with Crippen molar-refractivity contribution in [2.75, 3.05) is 24.9 Å². The van der Waals surface area contributed by atoms with Crippen LogP contribution >= 0.6 is 69.1 Å². The first kappa shape index (κ1) is 30.5. The van der Waals surface area contributed by atoms with E-state index >= 15 is 0 Å². The molecule has 0 aliphatic carbocycles. The molecule has 0 aliphatic rings. The number of ether oxygens (including phenoxy) is 2. The van der Waals surface area contributed by atoms with Gasteiger partial charge in [-0.1, -0.05) is 58.5 Å². The van der Waals surface area contributed by atoms with Crippen LogP contribution in [-0.4, -0.2) is 24.2 Å². The van der Waals surface area contributed by atoms with Crippen LogP contribution in [-0.2, 0) is 0 Å². The highest BCUT2D eigenvalue weighted by atomic mass is 35.5. The Labute approximate surface area is 282 Å². The van der Waals surface area contributed by atoms with Gasteiger partial charge in [0.1, 0.15) is 11.5 Å².